The Labute approximate surface area is 112 Å². The fourth-order valence-electron chi connectivity index (χ4n) is 2.56. The summed E-state index contributed by atoms with van der Waals surface area (Å²) in [6.45, 7) is 4.53. The van der Waals surface area contributed by atoms with Gasteiger partial charge in [0.05, 0.1) is 12.9 Å². The minimum atomic E-state index is -3.30. The molecule has 0 spiro atoms. The Hall–Kier alpha value is -0.350. The summed E-state index contributed by atoms with van der Waals surface area (Å²) < 4.78 is 26.5. The van der Waals surface area contributed by atoms with E-state index in [4.69, 9.17) is 4.18 Å². The Bertz CT molecular complexity index is 376. The van der Waals surface area contributed by atoms with Crippen molar-refractivity contribution in [1.29, 1.82) is 0 Å². The molecule has 4 heteroatoms. The highest BCUT2D eigenvalue weighted by atomic mass is 32.2. The largest absolute Gasteiger partial charge is 0.270 e. The van der Waals surface area contributed by atoms with Crippen LogP contribution >= 0.6 is 0 Å². The van der Waals surface area contributed by atoms with Gasteiger partial charge < -0.3 is 0 Å². The summed E-state index contributed by atoms with van der Waals surface area (Å²) in [5, 5.41) is 0. The third-order valence-electron chi connectivity index (χ3n) is 3.82. The Morgan fingerprint density at radius 2 is 1.72 bits per heavy atom. The van der Waals surface area contributed by atoms with Gasteiger partial charge in [-0.2, -0.15) is 8.42 Å². The van der Waals surface area contributed by atoms with Gasteiger partial charge in [0.25, 0.3) is 10.1 Å². The molecule has 0 aliphatic heterocycles. The lowest BCUT2D eigenvalue weighted by Crippen LogP contribution is -2.08. The molecule has 0 atom stereocenters. The lowest BCUT2D eigenvalue weighted by Gasteiger charge is -2.22. The number of rotatable bonds is 6. The van der Waals surface area contributed by atoms with E-state index in [0.717, 1.165) is 12.2 Å². The highest BCUT2D eigenvalue weighted by Gasteiger charge is 2.14. The summed E-state index contributed by atoms with van der Waals surface area (Å²) in [7, 11) is -3.30. The van der Waals surface area contributed by atoms with Crippen LogP contribution in [0.15, 0.2) is 11.1 Å². The summed E-state index contributed by atoms with van der Waals surface area (Å²) in [4.78, 5) is 0. The smallest absolute Gasteiger partial charge is 0.264 e. The van der Waals surface area contributed by atoms with E-state index in [0.29, 0.717) is 6.42 Å². The van der Waals surface area contributed by atoms with Gasteiger partial charge in [0.2, 0.25) is 0 Å². The molecule has 1 aliphatic carbocycles. The zero-order chi connectivity index (χ0) is 13.6. The molecule has 106 valence electrons. The quantitative estimate of drug-likeness (QED) is 0.548. The van der Waals surface area contributed by atoms with Crippen molar-refractivity contribution >= 4 is 10.1 Å². The van der Waals surface area contributed by atoms with E-state index in [9.17, 15) is 8.42 Å². The van der Waals surface area contributed by atoms with Gasteiger partial charge in [-0.15, -0.1) is 0 Å². The van der Waals surface area contributed by atoms with Crippen LogP contribution in [0.2, 0.25) is 0 Å². The van der Waals surface area contributed by atoms with E-state index in [2.05, 4.69) is 13.8 Å². The van der Waals surface area contributed by atoms with Crippen LogP contribution in [0, 0.1) is 5.92 Å². The minimum absolute atomic E-state index is 0.271. The molecule has 1 fully saturated rings. The Morgan fingerprint density at radius 1 is 1.11 bits per heavy atom. The molecule has 0 aromatic rings. The van der Waals surface area contributed by atoms with Gasteiger partial charge in [-0.25, -0.2) is 0 Å². The molecule has 1 saturated carbocycles. The molecular formula is C14H26O3S. The third-order valence-corrected chi connectivity index (χ3v) is 4.42. The van der Waals surface area contributed by atoms with E-state index in [1.54, 1.807) is 0 Å². The molecule has 0 bridgehead atoms. The molecule has 0 amide bonds. The van der Waals surface area contributed by atoms with Gasteiger partial charge in [-0.1, -0.05) is 43.3 Å². The van der Waals surface area contributed by atoms with E-state index in [-0.39, 0.29) is 6.61 Å². The fourth-order valence-corrected chi connectivity index (χ4v) is 2.94. The fraction of sp³-hybridized carbons (Fsp3) is 0.857. The van der Waals surface area contributed by atoms with E-state index in [1.165, 1.54) is 49.7 Å². The maximum absolute atomic E-state index is 10.9. The van der Waals surface area contributed by atoms with Crippen molar-refractivity contribution in [2.45, 2.75) is 58.8 Å². The predicted octanol–water partition coefficient (Wildman–Crippen LogP) is 3.66. The zero-order valence-corrected chi connectivity index (χ0v) is 12.7. The van der Waals surface area contributed by atoms with E-state index >= 15 is 0 Å². The number of hydrogen-bond donors (Lipinski definition) is 0. The summed E-state index contributed by atoms with van der Waals surface area (Å²) in [5.74, 6) is 0.838. The van der Waals surface area contributed by atoms with Crippen LogP contribution in [-0.2, 0) is 14.3 Å². The van der Waals surface area contributed by atoms with E-state index < -0.39 is 10.1 Å². The van der Waals surface area contributed by atoms with Crippen LogP contribution in [0.4, 0.5) is 0 Å². The molecule has 0 aromatic heterocycles. The van der Waals surface area contributed by atoms with Gasteiger partial charge in [0.15, 0.2) is 0 Å². The lowest BCUT2D eigenvalue weighted by atomic mass is 9.84. The normalized spacial score (nSPS) is 19.7. The Kier molecular flexibility index (Phi) is 6.36. The minimum Gasteiger partial charge on any atom is -0.270 e. The van der Waals surface area contributed by atoms with Gasteiger partial charge in [0, 0.05) is 0 Å². The van der Waals surface area contributed by atoms with Crippen LogP contribution in [0.3, 0.4) is 0 Å². The summed E-state index contributed by atoms with van der Waals surface area (Å²) in [6, 6.07) is 0. The molecule has 18 heavy (non-hydrogen) atoms. The van der Waals surface area contributed by atoms with Crippen molar-refractivity contribution in [3.8, 4) is 0 Å². The first-order valence-corrected chi connectivity index (χ1v) is 8.70. The second-order valence-corrected chi connectivity index (χ2v) is 7.19. The third kappa shape index (κ3) is 6.55. The van der Waals surface area contributed by atoms with Gasteiger partial charge >= 0.3 is 0 Å². The zero-order valence-electron chi connectivity index (χ0n) is 11.9. The molecule has 3 nitrogen and oxygen atoms in total. The van der Waals surface area contributed by atoms with Crippen molar-refractivity contribution in [2.75, 3.05) is 12.9 Å². The summed E-state index contributed by atoms with van der Waals surface area (Å²) in [5.41, 5.74) is 2.70. The van der Waals surface area contributed by atoms with Crippen molar-refractivity contribution in [3.63, 3.8) is 0 Å². The van der Waals surface area contributed by atoms with Crippen LogP contribution < -0.4 is 0 Å². The molecule has 0 saturated heterocycles. The van der Waals surface area contributed by atoms with Gasteiger partial charge in [-0.05, 0) is 32.6 Å². The topological polar surface area (TPSA) is 43.4 Å². The number of hydrogen-bond acceptors (Lipinski definition) is 3. The second kappa shape index (κ2) is 7.29. The maximum Gasteiger partial charge on any atom is 0.264 e. The molecular weight excluding hydrogens is 248 g/mol. The van der Waals surface area contributed by atoms with Gasteiger partial charge in [0.1, 0.15) is 0 Å². The Balaban J connectivity index is 2.36. The average molecular weight is 274 g/mol. The van der Waals surface area contributed by atoms with Crippen LogP contribution in [0.5, 0.6) is 0 Å². The number of allylic oxidation sites excluding steroid dienone is 1. The molecule has 1 aliphatic rings. The predicted molar refractivity (Wildman–Crippen MR) is 75.0 cm³/mol. The van der Waals surface area contributed by atoms with Crippen molar-refractivity contribution in [2.24, 2.45) is 5.92 Å². The molecule has 0 heterocycles. The second-order valence-electron chi connectivity index (χ2n) is 5.54. The van der Waals surface area contributed by atoms with E-state index in [1.807, 2.05) is 0 Å². The highest BCUT2D eigenvalue weighted by Crippen LogP contribution is 2.30. The molecule has 0 unspecified atom stereocenters. The van der Waals surface area contributed by atoms with Crippen molar-refractivity contribution in [3.05, 3.63) is 11.1 Å². The average Bonchev–Trinajstić information content (AvgIpc) is 2.28. The summed E-state index contributed by atoms with van der Waals surface area (Å²) >= 11 is 0. The first kappa shape index (κ1) is 15.7. The lowest BCUT2D eigenvalue weighted by molar-refractivity contribution is 0.323. The first-order chi connectivity index (χ1) is 8.38. The molecule has 0 radical (unpaired) electrons. The van der Waals surface area contributed by atoms with Crippen LogP contribution in [-0.4, -0.2) is 21.3 Å². The van der Waals surface area contributed by atoms with Crippen LogP contribution in [0.25, 0.3) is 0 Å². The van der Waals surface area contributed by atoms with Gasteiger partial charge in [-0.3, -0.25) is 4.18 Å². The first-order valence-electron chi connectivity index (χ1n) is 6.88. The summed E-state index contributed by atoms with van der Waals surface area (Å²) in [6.07, 6.45) is 9.81. The maximum atomic E-state index is 10.9. The van der Waals surface area contributed by atoms with Crippen LogP contribution in [0.1, 0.15) is 58.8 Å². The van der Waals surface area contributed by atoms with Crippen molar-refractivity contribution < 1.29 is 12.6 Å². The highest BCUT2D eigenvalue weighted by molar-refractivity contribution is 7.85. The Morgan fingerprint density at radius 3 is 2.28 bits per heavy atom. The monoisotopic (exact) mass is 274 g/mol. The standard InChI is InChI=1S/C14H26O3S/c1-12(9-10-17-18(3,15)16)13(2)11-14-7-5-4-6-8-14/h14H,4-11H2,1-3H3. The van der Waals surface area contributed by atoms with Crippen molar-refractivity contribution in [1.82, 2.24) is 0 Å². The SMILES string of the molecule is CC(CCOS(C)(=O)=O)=C(C)CC1CCCCC1. The molecule has 1 rings (SSSR count). The molecule has 0 N–H and O–H groups in total. The molecule has 0 aromatic carbocycles.